The van der Waals surface area contributed by atoms with Gasteiger partial charge in [-0.05, 0) is 62.1 Å². The van der Waals surface area contributed by atoms with E-state index in [0.717, 1.165) is 54.4 Å². The topological polar surface area (TPSA) is 98.5 Å². The van der Waals surface area contributed by atoms with Gasteiger partial charge in [-0.25, -0.2) is 4.98 Å². The zero-order valence-corrected chi connectivity index (χ0v) is 19.0. The molecule has 166 valence electrons. The van der Waals surface area contributed by atoms with Crippen molar-refractivity contribution in [3.8, 4) is 11.3 Å². The molecule has 7 heteroatoms. The Bertz CT molecular complexity index is 1160. The Kier molecular flexibility index (Phi) is 5.19. The van der Waals surface area contributed by atoms with Crippen LogP contribution in [0.15, 0.2) is 36.8 Å². The van der Waals surface area contributed by atoms with Gasteiger partial charge in [0.05, 0.1) is 29.3 Å². The van der Waals surface area contributed by atoms with Gasteiger partial charge >= 0.3 is 0 Å². The quantitative estimate of drug-likeness (QED) is 0.586. The molecule has 3 aromatic heterocycles. The van der Waals surface area contributed by atoms with Crippen LogP contribution >= 0.6 is 0 Å². The Balaban J connectivity index is 1.48. The van der Waals surface area contributed by atoms with Gasteiger partial charge in [-0.2, -0.15) is 5.10 Å². The fraction of sp³-hybridized carbons (Fsp3) is 0.440. The second kappa shape index (κ2) is 8.04. The summed E-state index contributed by atoms with van der Waals surface area (Å²) in [5.41, 5.74) is 12.5. The Morgan fingerprint density at radius 1 is 1.19 bits per heavy atom. The van der Waals surface area contributed by atoms with E-state index >= 15 is 0 Å². The van der Waals surface area contributed by atoms with Gasteiger partial charge in [0, 0.05) is 31.4 Å². The summed E-state index contributed by atoms with van der Waals surface area (Å²) in [6, 6.07) is 6.13. The third-order valence-electron chi connectivity index (χ3n) is 7.01. The highest BCUT2D eigenvalue weighted by Gasteiger charge is 2.45. The van der Waals surface area contributed by atoms with Crippen LogP contribution < -0.4 is 16.0 Å². The standard InChI is InChI=1S/C25H31N7/c1-3-17-6-7-21(30-24(17)31-11-5-8-25(16-31)9-10-25)23(27)19-12-22(28-14-20(19)26)18-13-29-32(4-2)15-18/h6-7,12-15,27H,3-5,8-11,16,26H2,1-2H3/p+1. The third kappa shape index (κ3) is 3.76. The van der Waals surface area contributed by atoms with E-state index in [-0.39, 0.29) is 0 Å². The average Bonchev–Trinajstić information content (AvgIpc) is 3.38. The van der Waals surface area contributed by atoms with E-state index in [1.54, 1.807) is 6.20 Å². The molecule has 4 N–H and O–H groups in total. The molecule has 1 aliphatic carbocycles. The number of nitrogens with zero attached hydrogens (tertiary/aromatic N) is 5. The average molecular weight is 431 g/mol. The van der Waals surface area contributed by atoms with Gasteiger partial charge in [0.2, 0.25) is 5.71 Å². The normalized spacial score (nSPS) is 17.0. The molecule has 2 fully saturated rings. The predicted octanol–water partition coefficient (Wildman–Crippen LogP) is 2.48. The first-order valence-electron chi connectivity index (χ1n) is 11.7. The molecule has 4 heterocycles. The van der Waals surface area contributed by atoms with Gasteiger partial charge in [0.1, 0.15) is 11.5 Å². The summed E-state index contributed by atoms with van der Waals surface area (Å²) in [5.74, 6) is 1.08. The molecule has 32 heavy (non-hydrogen) atoms. The summed E-state index contributed by atoms with van der Waals surface area (Å²) in [7, 11) is 0. The second-order valence-corrected chi connectivity index (χ2v) is 9.21. The highest BCUT2D eigenvalue weighted by molar-refractivity contribution is 6.11. The maximum Gasteiger partial charge on any atom is 0.232 e. The number of nitrogens with two attached hydrogens (primary N) is 2. The molecule has 0 radical (unpaired) electrons. The predicted molar refractivity (Wildman–Crippen MR) is 127 cm³/mol. The van der Waals surface area contributed by atoms with E-state index < -0.39 is 0 Å². The molecule has 0 unspecified atom stereocenters. The number of hydrogen-bond donors (Lipinski definition) is 2. The highest BCUT2D eigenvalue weighted by Crippen LogP contribution is 2.52. The fourth-order valence-electron chi connectivity index (χ4n) is 4.81. The lowest BCUT2D eigenvalue weighted by atomic mass is 9.94. The SMILES string of the molecule is CCc1ccc(C(=[NH2+])c2cc(-c3cnn(CC)c3)ncc2N)nc1N1CCCC2(CC2)C1. The van der Waals surface area contributed by atoms with E-state index in [1.165, 1.54) is 31.2 Å². The van der Waals surface area contributed by atoms with Crippen LogP contribution in [0.4, 0.5) is 11.5 Å². The van der Waals surface area contributed by atoms with E-state index in [2.05, 4.69) is 34.9 Å². The molecule has 2 aliphatic rings. The smallest absolute Gasteiger partial charge is 0.232 e. The van der Waals surface area contributed by atoms with Gasteiger partial charge in [0.15, 0.2) is 0 Å². The molecular formula is C25H32N7+. The molecule has 0 bridgehead atoms. The van der Waals surface area contributed by atoms with Crippen LogP contribution in [-0.4, -0.2) is 38.5 Å². The van der Waals surface area contributed by atoms with Crippen molar-refractivity contribution in [2.45, 2.75) is 52.5 Å². The lowest BCUT2D eigenvalue weighted by Gasteiger charge is -2.35. The highest BCUT2D eigenvalue weighted by atomic mass is 15.3. The van der Waals surface area contributed by atoms with Gasteiger partial charge in [-0.1, -0.05) is 13.0 Å². The minimum Gasteiger partial charge on any atom is -0.397 e. The van der Waals surface area contributed by atoms with Crippen LogP contribution in [0, 0.1) is 5.41 Å². The number of piperidine rings is 1. The maximum absolute atomic E-state index is 6.66. The number of pyridine rings is 2. The van der Waals surface area contributed by atoms with Crippen LogP contribution in [0.1, 0.15) is 56.4 Å². The van der Waals surface area contributed by atoms with Crippen molar-refractivity contribution in [1.82, 2.24) is 19.7 Å². The number of nitrogen functional groups attached to an aromatic ring is 1. The summed E-state index contributed by atoms with van der Waals surface area (Å²) in [6.07, 6.45) is 11.7. The minimum atomic E-state index is 0.531. The van der Waals surface area contributed by atoms with Gasteiger partial charge in [0.25, 0.3) is 0 Å². The number of rotatable bonds is 6. The Morgan fingerprint density at radius 2 is 2.03 bits per heavy atom. The largest absolute Gasteiger partial charge is 0.397 e. The lowest BCUT2D eigenvalue weighted by molar-refractivity contribution is -0.111. The van der Waals surface area contributed by atoms with Crippen LogP contribution in [0.3, 0.4) is 0 Å². The molecule has 1 saturated carbocycles. The van der Waals surface area contributed by atoms with Gasteiger partial charge in [-0.15, -0.1) is 0 Å². The van der Waals surface area contributed by atoms with Crippen molar-refractivity contribution in [2.24, 2.45) is 5.41 Å². The van der Waals surface area contributed by atoms with Crippen molar-refractivity contribution in [1.29, 1.82) is 0 Å². The number of aryl methyl sites for hydroxylation is 2. The zero-order chi connectivity index (χ0) is 22.3. The number of aromatic nitrogens is 4. The number of anilines is 2. The first-order valence-corrected chi connectivity index (χ1v) is 11.7. The summed E-state index contributed by atoms with van der Waals surface area (Å²) < 4.78 is 1.88. The molecule has 3 aromatic rings. The van der Waals surface area contributed by atoms with Gasteiger partial charge in [-0.3, -0.25) is 15.1 Å². The van der Waals surface area contributed by atoms with Crippen LogP contribution in [0.2, 0.25) is 0 Å². The Labute approximate surface area is 189 Å². The lowest BCUT2D eigenvalue weighted by Crippen LogP contribution is -2.43. The van der Waals surface area contributed by atoms with Crippen molar-refractivity contribution in [2.75, 3.05) is 23.7 Å². The summed E-state index contributed by atoms with van der Waals surface area (Å²) in [4.78, 5) is 12.0. The van der Waals surface area contributed by atoms with Crippen molar-refractivity contribution in [3.05, 3.63) is 53.6 Å². The van der Waals surface area contributed by atoms with E-state index in [1.807, 2.05) is 29.2 Å². The molecule has 0 amide bonds. The molecule has 0 aromatic carbocycles. The monoisotopic (exact) mass is 430 g/mol. The summed E-state index contributed by atoms with van der Waals surface area (Å²) in [5, 5.41) is 11.0. The van der Waals surface area contributed by atoms with Crippen LogP contribution in [0.25, 0.3) is 11.3 Å². The number of hydrogen-bond acceptors (Lipinski definition) is 5. The first kappa shape index (κ1) is 20.7. The first-order chi connectivity index (χ1) is 15.5. The fourth-order valence-corrected chi connectivity index (χ4v) is 4.81. The molecule has 1 saturated heterocycles. The Hall–Kier alpha value is -3.22. The molecule has 0 atom stereocenters. The molecule has 5 rings (SSSR count). The molecule has 1 aliphatic heterocycles. The van der Waals surface area contributed by atoms with E-state index in [9.17, 15) is 0 Å². The van der Waals surface area contributed by atoms with E-state index in [0.29, 0.717) is 16.8 Å². The Morgan fingerprint density at radius 3 is 2.75 bits per heavy atom. The summed E-state index contributed by atoms with van der Waals surface area (Å²) >= 11 is 0. The van der Waals surface area contributed by atoms with E-state index in [4.69, 9.17) is 16.1 Å². The summed E-state index contributed by atoms with van der Waals surface area (Å²) in [6.45, 7) is 7.23. The third-order valence-corrected chi connectivity index (χ3v) is 7.01. The van der Waals surface area contributed by atoms with Crippen molar-refractivity contribution in [3.63, 3.8) is 0 Å². The minimum absolute atomic E-state index is 0.531. The second-order valence-electron chi connectivity index (χ2n) is 9.21. The van der Waals surface area contributed by atoms with Crippen LogP contribution in [-0.2, 0) is 13.0 Å². The van der Waals surface area contributed by atoms with Crippen LogP contribution in [0.5, 0.6) is 0 Å². The van der Waals surface area contributed by atoms with Crippen molar-refractivity contribution >= 4 is 17.2 Å². The zero-order valence-electron chi connectivity index (χ0n) is 19.0. The molecule has 1 spiro atoms. The molecular weight excluding hydrogens is 398 g/mol. The van der Waals surface area contributed by atoms with Gasteiger partial charge < -0.3 is 10.6 Å². The molecule has 7 nitrogen and oxygen atoms in total. The maximum atomic E-state index is 6.66. The van der Waals surface area contributed by atoms with Crippen molar-refractivity contribution < 1.29 is 5.41 Å².